The summed E-state index contributed by atoms with van der Waals surface area (Å²) in [6.45, 7) is 4.72. The first-order valence-corrected chi connectivity index (χ1v) is 10.5. The van der Waals surface area contributed by atoms with Crippen LogP contribution in [0.3, 0.4) is 0 Å². The summed E-state index contributed by atoms with van der Waals surface area (Å²) >= 11 is 0. The van der Waals surface area contributed by atoms with Gasteiger partial charge in [0.1, 0.15) is 17.3 Å². The molecule has 0 aliphatic carbocycles. The van der Waals surface area contributed by atoms with Gasteiger partial charge in [0.05, 0.1) is 14.2 Å². The van der Waals surface area contributed by atoms with Gasteiger partial charge >= 0.3 is 0 Å². The van der Waals surface area contributed by atoms with Gasteiger partial charge in [0.15, 0.2) is 0 Å². The standard InChI is InChI=1S/C17H21NO.C10H12O2/c1-14(18-13-16-6-4-3-5-7-16)12-15-8-10-17(19-2)11-9-15;1-8(11)7-9-3-5-10(12-2)6-4-9/h3-11,14,18H,12-13H2,1-2H3;3-6H,7H2,1-2H3. The van der Waals surface area contributed by atoms with E-state index >= 15 is 0 Å². The lowest BCUT2D eigenvalue weighted by Gasteiger charge is -2.14. The largest absolute Gasteiger partial charge is 0.497 e. The van der Waals surface area contributed by atoms with Crippen LogP contribution in [0.2, 0.25) is 0 Å². The Kier molecular flexibility index (Phi) is 10.3. The van der Waals surface area contributed by atoms with Crippen molar-refractivity contribution in [3.8, 4) is 11.5 Å². The summed E-state index contributed by atoms with van der Waals surface area (Å²) in [7, 11) is 3.32. The Balaban J connectivity index is 0.000000245. The molecule has 4 heteroatoms. The third-order valence-electron chi connectivity index (χ3n) is 4.81. The Hall–Kier alpha value is -3.11. The van der Waals surface area contributed by atoms with Gasteiger partial charge in [0, 0.05) is 19.0 Å². The molecule has 31 heavy (non-hydrogen) atoms. The van der Waals surface area contributed by atoms with Crippen LogP contribution in [0.4, 0.5) is 0 Å². The fraction of sp³-hybridized carbons (Fsp3) is 0.296. The van der Waals surface area contributed by atoms with Crippen LogP contribution >= 0.6 is 0 Å². The van der Waals surface area contributed by atoms with E-state index in [1.807, 2.05) is 42.5 Å². The van der Waals surface area contributed by atoms with Gasteiger partial charge in [-0.3, -0.25) is 4.79 Å². The van der Waals surface area contributed by atoms with Crippen LogP contribution in [-0.4, -0.2) is 26.0 Å². The second kappa shape index (κ2) is 13.2. The predicted octanol–water partition coefficient (Wildman–Crippen LogP) is 5.24. The molecule has 0 saturated carbocycles. The van der Waals surface area contributed by atoms with Gasteiger partial charge in [-0.15, -0.1) is 0 Å². The molecule has 164 valence electrons. The summed E-state index contributed by atoms with van der Waals surface area (Å²) in [6.07, 6.45) is 1.53. The highest BCUT2D eigenvalue weighted by Gasteiger charge is 2.03. The van der Waals surface area contributed by atoms with Crippen LogP contribution in [-0.2, 0) is 24.2 Å². The normalized spacial score (nSPS) is 11.1. The van der Waals surface area contributed by atoms with Crippen molar-refractivity contribution in [3.05, 3.63) is 95.6 Å². The van der Waals surface area contributed by atoms with E-state index in [2.05, 4.69) is 48.6 Å². The molecule has 0 aromatic heterocycles. The van der Waals surface area contributed by atoms with Crippen molar-refractivity contribution in [1.82, 2.24) is 5.32 Å². The third kappa shape index (κ3) is 9.49. The van der Waals surface area contributed by atoms with Gasteiger partial charge in [0.25, 0.3) is 0 Å². The van der Waals surface area contributed by atoms with Crippen LogP contribution in [0.1, 0.15) is 30.5 Å². The Labute approximate surface area is 186 Å². The molecule has 0 radical (unpaired) electrons. The first-order chi connectivity index (χ1) is 15.0. The number of hydrogen-bond acceptors (Lipinski definition) is 4. The van der Waals surface area contributed by atoms with E-state index in [0.717, 1.165) is 30.0 Å². The number of carbonyl (C=O) groups is 1. The zero-order valence-electron chi connectivity index (χ0n) is 18.9. The van der Waals surface area contributed by atoms with Crippen molar-refractivity contribution in [2.45, 2.75) is 39.3 Å². The topological polar surface area (TPSA) is 47.6 Å². The molecule has 0 spiro atoms. The molecule has 3 aromatic rings. The summed E-state index contributed by atoms with van der Waals surface area (Å²) in [5, 5.41) is 3.54. The van der Waals surface area contributed by atoms with Gasteiger partial charge in [-0.05, 0) is 61.2 Å². The molecule has 0 fully saturated rings. The van der Waals surface area contributed by atoms with Crippen LogP contribution < -0.4 is 14.8 Å². The molecule has 0 saturated heterocycles. The molecular weight excluding hydrogens is 386 g/mol. The van der Waals surface area contributed by atoms with Crippen LogP contribution in [0.25, 0.3) is 0 Å². The van der Waals surface area contributed by atoms with Crippen molar-refractivity contribution in [3.63, 3.8) is 0 Å². The average Bonchev–Trinajstić information content (AvgIpc) is 2.79. The predicted molar refractivity (Wildman–Crippen MR) is 127 cm³/mol. The fourth-order valence-corrected chi connectivity index (χ4v) is 3.11. The Morgan fingerprint density at radius 1 is 0.774 bits per heavy atom. The lowest BCUT2D eigenvalue weighted by atomic mass is 10.1. The van der Waals surface area contributed by atoms with Gasteiger partial charge in [-0.1, -0.05) is 54.6 Å². The SMILES string of the molecule is COc1ccc(CC(C)=O)cc1.COc1ccc(CC(C)NCc2ccccc2)cc1. The fourth-order valence-electron chi connectivity index (χ4n) is 3.11. The minimum absolute atomic E-state index is 0.181. The maximum atomic E-state index is 10.7. The summed E-state index contributed by atoms with van der Waals surface area (Å²) < 4.78 is 10.2. The quantitative estimate of drug-likeness (QED) is 0.515. The van der Waals surface area contributed by atoms with E-state index in [1.54, 1.807) is 21.1 Å². The Bertz CT molecular complexity index is 890. The molecule has 3 rings (SSSR count). The van der Waals surface area contributed by atoms with Crippen molar-refractivity contribution >= 4 is 5.78 Å². The van der Waals surface area contributed by atoms with Gasteiger partial charge in [-0.2, -0.15) is 0 Å². The number of hydrogen-bond donors (Lipinski definition) is 1. The maximum Gasteiger partial charge on any atom is 0.134 e. The van der Waals surface area contributed by atoms with Crippen LogP contribution in [0.15, 0.2) is 78.9 Å². The molecule has 0 amide bonds. The third-order valence-corrected chi connectivity index (χ3v) is 4.81. The first-order valence-electron chi connectivity index (χ1n) is 10.5. The number of ketones is 1. The van der Waals surface area contributed by atoms with E-state index in [1.165, 1.54) is 11.1 Å². The molecule has 1 N–H and O–H groups in total. The van der Waals surface area contributed by atoms with Crippen LogP contribution in [0.5, 0.6) is 11.5 Å². The van der Waals surface area contributed by atoms with Crippen molar-refractivity contribution in [2.75, 3.05) is 14.2 Å². The van der Waals surface area contributed by atoms with E-state index in [-0.39, 0.29) is 5.78 Å². The molecule has 4 nitrogen and oxygen atoms in total. The highest BCUT2D eigenvalue weighted by Crippen LogP contribution is 2.13. The number of Topliss-reactive ketones (excluding diaryl/α,β-unsaturated/α-hetero) is 1. The van der Waals surface area contributed by atoms with Crippen LogP contribution in [0, 0.1) is 0 Å². The number of benzene rings is 3. The molecule has 0 bridgehead atoms. The number of nitrogens with one attached hydrogen (secondary N) is 1. The number of rotatable bonds is 9. The number of ether oxygens (including phenoxy) is 2. The van der Waals surface area contributed by atoms with Gasteiger partial charge in [0.2, 0.25) is 0 Å². The van der Waals surface area contributed by atoms with Crippen molar-refractivity contribution in [2.24, 2.45) is 0 Å². The minimum atomic E-state index is 0.181. The second-order valence-corrected chi connectivity index (χ2v) is 7.55. The van der Waals surface area contributed by atoms with E-state index in [4.69, 9.17) is 9.47 Å². The molecule has 0 heterocycles. The van der Waals surface area contributed by atoms with Crippen molar-refractivity contribution in [1.29, 1.82) is 0 Å². The monoisotopic (exact) mass is 419 g/mol. The molecule has 1 unspecified atom stereocenters. The number of methoxy groups -OCH3 is 2. The highest BCUT2D eigenvalue weighted by atomic mass is 16.5. The van der Waals surface area contributed by atoms with E-state index < -0.39 is 0 Å². The molecular formula is C27H33NO3. The summed E-state index contributed by atoms with van der Waals surface area (Å²) in [5.41, 5.74) is 3.68. The van der Waals surface area contributed by atoms with E-state index in [0.29, 0.717) is 12.5 Å². The average molecular weight is 420 g/mol. The maximum absolute atomic E-state index is 10.7. The highest BCUT2D eigenvalue weighted by molar-refractivity contribution is 5.78. The minimum Gasteiger partial charge on any atom is -0.497 e. The zero-order chi connectivity index (χ0) is 22.5. The summed E-state index contributed by atoms with van der Waals surface area (Å²) in [5.74, 6) is 1.91. The lowest BCUT2D eigenvalue weighted by molar-refractivity contribution is -0.116. The molecule has 3 aromatic carbocycles. The smallest absolute Gasteiger partial charge is 0.134 e. The zero-order valence-corrected chi connectivity index (χ0v) is 18.9. The van der Waals surface area contributed by atoms with Gasteiger partial charge < -0.3 is 14.8 Å². The van der Waals surface area contributed by atoms with Gasteiger partial charge in [-0.25, -0.2) is 0 Å². The Morgan fingerprint density at radius 3 is 1.77 bits per heavy atom. The lowest BCUT2D eigenvalue weighted by Crippen LogP contribution is -2.27. The summed E-state index contributed by atoms with van der Waals surface area (Å²) in [4.78, 5) is 10.7. The molecule has 0 aliphatic heterocycles. The van der Waals surface area contributed by atoms with Crippen molar-refractivity contribution < 1.29 is 14.3 Å². The second-order valence-electron chi connectivity index (χ2n) is 7.55. The van der Waals surface area contributed by atoms with E-state index in [9.17, 15) is 4.79 Å². The summed E-state index contributed by atoms with van der Waals surface area (Å²) in [6, 6.07) is 26.7. The number of carbonyl (C=O) groups excluding carboxylic acids is 1. The Morgan fingerprint density at radius 2 is 1.29 bits per heavy atom. The first kappa shape index (κ1) is 24.2. The molecule has 1 atom stereocenters. The molecule has 0 aliphatic rings.